The molecule has 4 heterocycles. The van der Waals surface area contributed by atoms with Gasteiger partial charge in [-0.3, -0.25) is 4.79 Å². The van der Waals surface area contributed by atoms with Gasteiger partial charge in [0.05, 0.1) is 6.61 Å². The normalized spacial score (nSPS) is 16.6. The Morgan fingerprint density at radius 1 is 1.20 bits per heavy atom. The van der Waals surface area contributed by atoms with Crippen LogP contribution in [0.4, 0.5) is 18.2 Å². The number of rotatable bonds is 6. The van der Waals surface area contributed by atoms with Gasteiger partial charge in [0.25, 0.3) is 0 Å². The van der Waals surface area contributed by atoms with Gasteiger partial charge in [-0.05, 0) is 27.7 Å². The van der Waals surface area contributed by atoms with E-state index in [2.05, 4.69) is 25.0 Å². The molecule has 1 aliphatic rings. The molecule has 3 aromatic rings. The number of hydrogen-bond donors (Lipinski definition) is 0. The van der Waals surface area contributed by atoms with Crippen molar-refractivity contribution in [2.75, 3.05) is 31.1 Å². The van der Waals surface area contributed by atoms with Gasteiger partial charge in [-0.15, -0.1) is 0 Å². The molecule has 0 unspecified atom stereocenters. The Balaban J connectivity index is 1.55. The van der Waals surface area contributed by atoms with Gasteiger partial charge in [0.15, 0.2) is 0 Å². The molecule has 1 fully saturated rings. The molecule has 1 atom stereocenters. The molecule has 0 aromatic carbocycles. The monoisotopic (exact) mass is 510 g/mol. The number of amides is 1. The van der Waals surface area contributed by atoms with Crippen molar-refractivity contribution in [1.29, 1.82) is 0 Å². The van der Waals surface area contributed by atoms with Gasteiger partial charge in [-0.1, -0.05) is 11.3 Å². The molecule has 4 rings (SSSR count). The Morgan fingerprint density at radius 3 is 2.49 bits per heavy atom. The average Bonchev–Trinajstić information content (AvgIpc) is 3.37. The Bertz CT molecular complexity index is 1190. The molecule has 0 spiro atoms. The fourth-order valence-electron chi connectivity index (χ4n) is 3.92. The number of ether oxygens (including phenoxy) is 1. The van der Waals surface area contributed by atoms with Crippen molar-refractivity contribution in [3.63, 3.8) is 0 Å². The SMILES string of the molecule is CCOc1ncc(-c2nc(C(F)(F)F)sc2N2CCN(C(=O)Cn3nc(C)nc3C)[C@H](C)C2)cn1. The quantitative estimate of drug-likeness (QED) is 0.499. The third kappa shape index (κ3) is 5.36. The average molecular weight is 511 g/mol. The molecule has 0 radical (unpaired) electrons. The van der Waals surface area contributed by atoms with E-state index in [0.717, 1.165) is 0 Å². The highest BCUT2D eigenvalue weighted by atomic mass is 32.1. The highest BCUT2D eigenvalue weighted by Gasteiger charge is 2.38. The van der Waals surface area contributed by atoms with Gasteiger partial charge >= 0.3 is 12.2 Å². The summed E-state index contributed by atoms with van der Waals surface area (Å²) in [5.74, 6) is 1.11. The lowest BCUT2D eigenvalue weighted by Crippen LogP contribution is -2.54. The summed E-state index contributed by atoms with van der Waals surface area (Å²) in [4.78, 5) is 32.7. The number of alkyl halides is 3. The first-order valence-electron chi connectivity index (χ1n) is 11.0. The van der Waals surface area contributed by atoms with Crippen LogP contribution < -0.4 is 9.64 Å². The lowest BCUT2D eigenvalue weighted by molar-refractivity contribution is -0.137. The molecular weight excluding hydrogens is 485 g/mol. The number of carbonyl (C=O) groups is 1. The zero-order chi connectivity index (χ0) is 25.3. The zero-order valence-electron chi connectivity index (χ0n) is 19.7. The van der Waals surface area contributed by atoms with Crippen LogP contribution in [0.5, 0.6) is 6.01 Å². The van der Waals surface area contributed by atoms with Crippen molar-refractivity contribution in [1.82, 2.24) is 34.6 Å². The van der Waals surface area contributed by atoms with Crippen LogP contribution in [0, 0.1) is 13.8 Å². The smallest absolute Gasteiger partial charge is 0.443 e. The fourth-order valence-corrected chi connectivity index (χ4v) is 4.91. The maximum absolute atomic E-state index is 13.5. The molecule has 1 amide bonds. The molecule has 1 aliphatic heterocycles. The molecule has 10 nitrogen and oxygen atoms in total. The molecule has 0 bridgehead atoms. The largest absolute Gasteiger partial charge is 0.464 e. The van der Waals surface area contributed by atoms with Crippen LogP contribution in [-0.4, -0.2) is 72.8 Å². The Kier molecular flexibility index (Phi) is 6.92. The summed E-state index contributed by atoms with van der Waals surface area (Å²) in [6.45, 7) is 8.68. The van der Waals surface area contributed by atoms with Crippen LogP contribution >= 0.6 is 11.3 Å². The number of hydrogen-bond acceptors (Lipinski definition) is 9. The summed E-state index contributed by atoms with van der Waals surface area (Å²) >= 11 is 0.578. The number of aryl methyl sites for hydroxylation is 2. The number of anilines is 1. The second-order valence-electron chi connectivity index (χ2n) is 8.10. The van der Waals surface area contributed by atoms with E-state index >= 15 is 0 Å². The number of halogens is 3. The fraction of sp³-hybridized carbons (Fsp3) is 0.524. The van der Waals surface area contributed by atoms with Gasteiger partial charge in [0, 0.05) is 43.6 Å². The highest BCUT2D eigenvalue weighted by molar-refractivity contribution is 7.16. The Morgan fingerprint density at radius 2 is 1.91 bits per heavy atom. The van der Waals surface area contributed by atoms with Crippen molar-refractivity contribution < 1.29 is 22.7 Å². The van der Waals surface area contributed by atoms with Crippen LogP contribution in [0.1, 0.15) is 30.5 Å². The topological polar surface area (TPSA) is 102 Å². The van der Waals surface area contributed by atoms with Crippen molar-refractivity contribution in [2.24, 2.45) is 0 Å². The summed E-state index contributed by atoms with van der Waals surface area (Å²) in [5.41, 5.74) is 0.518. The summed E-state index contributed by atoms with van der Waals surface area (Å²) in [5, 5.41) is 3.66. The number of thiazole rings is 1. The molecule has 35 heavy (non-hydrogen) atoms. The first-order chi connectivity index (χ1) is 16.6. The Hall–Kier alpha value is -3.29. The summed E-state index contributed by atoms with van der Waals surface area (Å²) < 4.78 is 47.4. The van der Waals surface area contributed by atoms with E-state index in [1.165, 1.54) is 12.4 Å². The Labute approximate surface area is 203 Å². The van der Waals surface area contributed by atoms with E-state index in [9.17, 15) is 18.0 Å². The summed E-state index contributed by atoms with van der Waals surface area (Å²) in [6.07, 6.45) is -1.77. The molecular formula is C21H25F3N8O2S. The van der Waals surface area contributed by atoms with E-state index in [0.29, 0.717) is 59.8 Å². The number of carbonyl (C=O) groups excluding carboxylic acids is 1. The van der Waals surface area contributed by atoms with E-state index in [4.69, 9.17) is 4.74 Å². The summed E-state index contributed by atoms with van der Waals surface area (Å²) in [7, 11) is 0. The highest BCUT2D eigenvalue weighted by Crippen LogP contribution is 2.43. The first kappa shape index (κ1) is 24.8. The van der Waals surface area contributed by atoms with Crippen LogP contribution in [0.25, 0.3) is 11.3 Å². The van der Waals surface area contributed by atoms with Crippen LogP contribution in [0.2, 0.25) is 0 Å². The standard InChI is InChI=1S/C21H25F3N8O2S/c1-5-34-20-25-8-15(9-26-20)17-18(35-19(28-17)21(22,23)24)30-6-7-31(12(2)10-30)16(33)11-32-14(4)27-13(3)29-32/h8-9,12H,5-7,10-11H2,1-4H3/t12-/m1/s1. The molecule has 3 aromatic heterocycles. The van der Waals surface area contributed by atoms with Gasteiger partial charge < -0.3 is 14.5 Å². The molecule has 188 valence electrons. The van der Waals surface area contributed by atoms with Gasteiger partial charge in [0.2, 0.25) is 10.9 Å². The van der Waals surface area contributed by atoms with Crippen molar-refractivity contribution >= 4 is 22.2 Å². The van der Waals surface area contributed by atoms with Gasteiger partial charge in [-0.2, -0.15) is 18.3 Å². The van der Waals surface area contributed by atoms with Crippen LogP contribution in [0.3, 0.4) is 0 Å². The molecule has 0 saturated carbocycles. The molecule has 0 aliphatic carbocycles. The second kappa shape index (κ2) is 9.76. The maximum atomic E-state index is 13.5. The predicted molar refractivity (Wildman–Crippen MR) is 122 cm³/mol. The third-order valence-electron chi connectivity index (χ3n) is 5.51. The first-order valence-corrected chi connectivity index (χ1v) is 11.8. The lowest BCUT2D eigenvalue weighted by atomic mass is 10.1. The van der Waals surface area contributed by atoms with E-state index in [1.807, 2.05) is 11.8 Å². The maximum Gasteiger partial charge on any atom is 0.443 e. The third-order valence-corrected chi connectivity index (χ3v) is 6.67. The van der Waals surface area contributed by atoms with Crippen LogP contribution in [-0.2, 0) is 17.5 Å². The molecule has 0 N–H and O–H groups in total. The number of nitrogens with zero attached hydrogens (tertiary/aromatic N) is 8. The minimum Gasteiger partial charge on any atom is -0.464 e. The van der Waals surface area contributed by atoms with Gasteiger partial charge in [-0.25, -0.2) is 24.6 Å². The number of piperazine rings is 1. The lowest BCUT2D eigenvalue weighted by Gasteiger charge is -2.40. The minimum absolute atomic E-state index is 0.0601. The van der Waals surface area contributed by atoms with E-state index < -0.39 is 11.2 Å². The van der Waals surface area contributed by atoms with Crippen molar-refractivity contribution in [3.05, 3.63) is 29.1 Å². The molecule has 1 saturated heterocycles. The summed E-state index contributed by atoms with van der Waals surface area (Å²) in [6, 6.07) is -0.0929. The second-order valence-corrected chi connectivity index (χ2v) is 9.08. The zero-order valence-corrected chi connectivity index (χ0v) is 20.5. The molecule has 14 heteroatoms. The van der Waals surface area contributed by atoms with Crippen molar-refractivity contribution in [3.8, 4) is 17.3 Å². The van der Waals surface area contributed by atoms with Gasteiger partial charge in [0.1, 0.15) is 28.9 Å². The van der Waals surface area contributed by atoms with E-state index in [-0.39, 0.29) is 30.2 Å². The minimum atomic E-state index is -4.58. The van der Waals surface area contributed by atoms with Crippen molar-refractivity contribution in [2.45, 2.75) is 46.5 Å². The van der Waals surface area contributed by atoms with Crippen LogP contribution in [0.15, 0.2) is 12.4 Å². The predicted octanol–water partition coefficient (Wildman–Crippen LogP) is 2.96. The number of aromatic nitrogens is 6. The van der Waals surface area contributed by atoms with E-state index in [1.54, 1.807) is 30.4 Å².